The molecule has 0 N–H and O–H groups in total. The van der Waals surface area contributed by atoms with Gasteiger partial charge in [0.2, 0.25) is 5.79 Å². The minimum atomic E-state index is -1.11. The minimum absolute atomic E-state index is 0.00426. The van der Waals surface area contributed by atoms with Crippen LogP contribution in [0.2, 0.25) is 0 Å². The highest BCUT2D eigenvalue weighted by Crippen LogP contribution is 2.41. The summed E-state index contributed by atoms with van der Waals surface area (Å²) in [5.74, 6) is -1.66. The summed E-state index contributed by atoms with van der Waals surface area (Å²) in [5, 5.41) is 0. The van der Waals surface area contributed by atoms with E-state index in [2.05, 4.69) is 39.4 Å². The Kier molecular flexibility index (Phi) is 10.3. The summed E-state index contributed by atoms with van der Waals surface area (Å²) in [4.78, 5) is 26.6. The lowest BCUT2D eigenvalue weighted by Crippen LogP contribution is -2.56. The van der Waals surface area contributed by atoms with Gasteiger partial charge >= 0.3 is 5.97 Å². The quantitative estimate of drug-likeness (QED) is 0.216. The van der Waals surface area contributed by atoms with E-state index in [0.29, 0.717) is 17.8 Å². The molecule has 1 fully saturated rings. The molecule has 2 heterocycles. The van der Waals surface area contributed by atoms with Gasteiger partial charge in [0.25, 0.3) is 0 Å². The molecule has 0 amide bonds. The van der Waals surface area contributed by atoms with E-state index in [9.17, 15) is 9.59 Å². The van der Waals surface area contributed by atoms with Gasteiger partial charge in [-0.2, -0.15) is 0 Å². The summed E-state index contributed by atoms with van der Waals surface area (Å²) in [6, 6.07) is 0.268. The van der Waals surface area contributed by atoms with Crippen LogP contribution in [0.3, 0.4) is 0 Å². The molecule has 8 atom stereocenters. The van der Waals surface area contributed by atoms with Crippen molar-refractivity contribution in [1.82, 2.24) is 4.90 Å². The molecule has 0 spiro atoms. The molecule has 3 unspecified atom stereocenters. The topological polar surface area (TPSA) is 83.5 Å². The fourth-order valence-corrected chi connectivity index (χ4v) is 5.45. The zero-order valence-electron chi connectivity index (χ0n) is 23.8. The van der Waals surface area contributed by atoms with Crippen molar-refractivity contribution in [2.24, 2.45) is 17.8 Å². The van der Waals surface area contributed by atoms with E-state index in [0.717, 1.165) is 12.7 Å². The lowest BCUT2D eigenvalue weighted by molar-refractivity contribution is -0.286. The van der Waals surface area contributed by atoms with Gasteiger partial charge in [0.05, 0.1) is 30.0 Å². The second-order valence-corrected chi connectivity index (χ2v) is 11.4. The van der Waals surface area contributed by atoms with Crippen molar-refractivity contribution in [3.63, 3.8) is 0 Å². The smallest absolute Gasteiger partial charge is 0.340 e. The number of hydrogen-bond donors (Lipinski definition) is 0. The van der Waals surface area contributed by atoms with E-state index in [1.54, 1.807) is 26.8 Å². The predicted octanol–water partition coefficient (Wildman–Crippen LogP) is 4.48. The van der Waals surface area contributed by atoms with E-state index in [1.807, 2.05) is 20.8 Å². The molecule has 2 rings (SSSR count). The first-order chi connectivity index (χ1) is 16.7. The summed E-state index contributed by atoms with van der Waals surface area (Å²) >= 11 is 0. The van der Waals surface area contributed by atoms with Crippen molar-refractivity contribution >= 4 is 12.3 Å². The molecule has 0 aromatic rings. The number of aldehydes is 1. The van der Waals surface area contributed by atoms with Crippen molar-refractivity contribution < 1.29 is 33.3 Å². The SMILES string of the molecule is C=CCO[C@](C)(C[C@@H](C)C=O)[C@H](O[C@@H]1OC(C)CC(N(C)C)C1C)[C@@H](C)C1=C(C)C(=O)OC(C)(C)O1. The van der Waals surface area contributed by atoms with Crippen LogP contribution in [-0.4, -0.2) is 73.8 Å². The molecular formula is C28H47NO7. The Bertz CT molecular complexity index is 823. The van der Waals surface area contributed by atoms with Crippen LogP contribution in [0.5, 0.6) is 0 Å². The number of cyclic esters (lactones) is 1. The van der Waals surface area contributed by atoms with Gasteiger partial charge in [-0.3, -0.25) is 0 Å². The molecule has 0 aliphatic carbocycles. The van der Waals surface area contributed by atoms with Gasteiger partial charge in [-0.1, -0.05) is 26.8 Å². The third-order valence-electron chi connectivity index (χ3n) is 7.25. The average molecular weight is 510 g/mol. The van der Waals surface area contributed by atoms with Crippen LogP contribution < -0.4 is 0 Å². The zero-order chi connectivity index (χ0) is 27.4. The van der Waals surface area contributed by atoms with E-state index < -0.39 is 35.7 Å². The Hall–Kier alpha value is -1.74. The molecule has 206 valence electrons. The van der Waals surface area contributed by atoms with Gasteiger partial charge in [-0.15, -0.1) is 6.58 Å². The number of ether oxygens (including phenoxy) is 5. The second kappa shape index (κ2) is 12.2. The molecule has 8 nitrogen and oxygen atoms in total. The molecule has 0 aromatic carbocycles. The van der Waals surface area contributed by atoms with E-state index in [1.165, 1.54) is 0 Å². The molecular weight excluding hydrogens is 462 g/mol. The summed E-state index contributed by atoms with van der Waals surface area (Å²) in [6.45, 7) is 19.1. The molecule has 0 radical (unpaired) electrons. The molecule has 2 aliphatic heterocycles. The highest BCUT2D eigenvalue weighted by Gasteiger charge is 2.49. The lowest BCUT2D eigenvalue weighted by atomic mass is 9.80. The summed E-state index contributed by atoms with van der Waals surface area (Å²) in [5.41, 5.74) is -0.518. The fraction of sp³-hybridized carbons (Fsp3) is 0.786. The van der Waals surface area contributed by atoms with Crippen LogP contribution in [0.15, 0.2) is 24.0 Å². The van der Waals surface area contributed by atoms with Gasteiger partial charge in [0, 0.05) is 37.6 Å². The Balaban J connectivity index is 2.57. The van der Waals surface area contributed by atoms with Crippen molar-refractivity contribution in [2.45, 2.75) is 104 Å². The van der Waals surface area contributed by atoms with Crippen LogP contribution in [0, 0.1) is 17.8 Å². The van der Waals surface area contributed by atoms with Crippen molar-refractivity contribution in [3.8, 4) is 0 Å². The molecule has 36 heavy (non-hydrogen) atoms. The van der Waals surface area contributed by atoms with Crippen molar-refractivity contribution in [3.05, 3.63) is 24.0 Å². The molecule has 0 aromatic heterocycles. The Morgan fingerprint density at radius 3 is 2.44 bits per heavy atom. The maximum Gasteiger partial charge on any atom is 0.340 e. The van der Waals surface area contributed by atoms with Gasteiger partial charge in [0.15, 0.2) is 6.29 Å². The monoisotopic (exact) mass is 509 g/mol. The zero-order valence-corrected chi connectivity index (χ0v) is 23.8. The standard InChI is InChI=1S/C28H47NO7/c1-12-13-32-28(9,15-17(2)16-30)24(20(5)23-21(6)25(31)36-27(7,8)35-23)34-26-19(4)22(29(10)11)14-18(3)33-26/h12,16-20,22,24,26H,1,13-15H2,2-11H3/t17-,18?,19?,20+,22?,24-,26+,28-/m1/s1. The molecule has 8 heteroatoms. The van der Waals surface area contributed by atoms with Gasteiger partial charge in [0.1, 0.15) is 12.0 Å². The maximum atomic E-state index is 12.7. The number of rotatable bonds is 12. The summed E-state index contributed by atoms with van der Waals surface area (Å²) < 4.78 is 31.1. The second-order valence-electron chi connectivity index (χ2n) is 11.4. The van der Waals surface area contributed by atoms with Crippen molar-refractivity contribution in [1.29, 1.82) is 0 Å². The normalized spacial score (nSPS) is 30.6. The number of nitrogens with zero attached hydrogens (tertiary/aromatic N) is 1. The average Bonchev–Trinajstić information content (AvgIpc) is 2.79. The maximum absolute atomic E-state index is 12.7. The number of hydrogen-bond acceptors (Lipinski definition) is 8. The van der Waals surface area contributed by atoms with Gasteiger partial charge in [-0.25, -0.2) is 4.79 Å². The lowest BCUT2D eigenvalue weighted by Gasteiger charge is -2.48. The first kappa shape index (κ1) is 30.5. The largest absolute Gasteiger partial charge is 0.456 e. The third-order valence-corrected chi connectivity index (χ3v) is 7.25. The molecule has 0 bridgehead atoms. The summed E-state index contributed by atoms with van der Waals surface area (Å²) in [6.07, 6.45) is 2.79. The van der Waals surface area contributed by atoms with Crippen LogP contribution in [0.1, 0.15) is 68.2 Å². The molecule has 2 aliphatic rings. The van der Waals surface area contributed by atoms with Gasteiger partial charge < -0.3 is 33.4 Å². The van der Waals surface area contributed by atoms with E-state index in [4.69, 9.17) is 23.7 Å². The minimum Gasteiger partial charge on any atom is -0.456 e. The van der Waals surface area contributed by atoms with Gasteiger partial charge in [-0.05, 0) is 47.7 Å². The van der Waals surface area contributed by atoms with E-state index in [-0.39, 0.29) is 30.6 Å². The highest BCUT2D eigenvalue weighted by atomic mass is 16.7. The molecule has 0 saturated carbocycles. The Morgan fingerprint density at radius 1 is 1.25 bits per heavy atom. The first-order valence-electron chi connectivity index (χ1n) is 13.0. The first-order valence-corrected chi connectivity index (χ1v) is 13.0. The fourth-order valence-electron chi connectivity index (χ4n) is 5.45. The Morgan fingerprint density at radius 2 is 1.89 bits per heavy atom. The van der Waals surface area contributed by atoms with Crippen LogP contribution in [0.25, 0.3) is 0 Å². The number of carbonyl (C=O) groups excluding carboxylic acids is 2. The molecule has 1 saturated heterocycles. The van der Waals surface area contributed by atoms with Crippen molar-refractivity contribution in [2.75, 3.05) is 20.7 Å². The highest BCUT2D eigenvalue weighted by molar-refractivity contribution is 5.89. The Labute approximate surface area is 217 Å². The van der Waals surface area contributed by atoms with E-state index >= 15 is 0 Å². The number of carbonyl (C=O) groups is 2. The summed E-state index contributed by atoms with van der Waals surface area (Å²) in [7, 11) is 4.13. The van der Waals surface area contributed by atoms with Crippen LogP contribution in [0.4, 0.5) is 0 Å². The number of esters is 1. The third kappa shape index (κ3) is 7.18. The predicted molar refractivity (Wildman–Crippen MR) is 138 cm³/mol. The van der Waals surface area contributed by atoms with Crippen LogP contribution in [-0.2, 0) is 33.3 Å². The van der Waals surface area contributed by atoms with Crippen LogP contribution >= 0.6 is 0 Å².